The van der Waals surface area contributed by atoms with Gasteiger partial charge in [0, 0.05) is 18.7 Å². The highest BCUT2D eigenvalue weighted by molar-refractivity contribution is 7.89. The maximum Gasteiger partial charge on any atom is 0.254 e. The molecule has 1 amide bonds. The number of carbonyl (C=O) groups is 1. The first-order valence-electron chi connectivity index (χ1n) is 6.98. The van der Waals surface area contributed by atoms with Crippen molar-refractivity contribution in [3.05, 3.63) is 66.2 Å². The van der Waals surface area contributed by atoms with Gasteiger partial charge in [-0.15, -0.1) is 0 Å². The van der Waals surface area contributed by atoms with Crippen molar-refractivity contribution in [1.82, 2.24) is 9.21 Å². The van der Waals surface area contributed by atoms with Gasteiger partial charge in [-0.2, -0.15) is 4.31 Å². The molecule has 0 atom stereocenters. The van der Waals surface area contributed by atoms with Gasteiger partial charge in [-0.3, -0.25) is 4.79 Å². The minimum absolute atomic E-state index is 0.0882. The normalized spacial score (nSPS) is 15.9. The highest BCUT2D eigenvalue weighted by atomic mass is 32.2. The smallest absolute Gasteiger partial charge is 0.254 e. The van der Waals surface area contributed by atoms with Crippen LogP contribution in [-0.2, 0) is 10.0 Å². The van der Waals surface area contributed by atoms with E-state index in [1.807, 2.05) is 6.07 Å². The summed E-state index contributed by atoms with van der Waals surface area (Å²) in [4.78, 5) is 14.2. The number of rotatable bonds is 3. The van der Waals surface area contributed by atoms with Crippen molar-refractivity contribution in [3.63, 3.8) is 0 Å². The van der Waals surface area contributed by atoms with Gasteiger partial charge in [0.25, 0.3) is 5.91 Å². The molecule has 0 aliphatic carbocycles. The second-order valence-corrected chi connectivity index (χ2v) is 7.01. The Morgan fingerprint density at radius 1 is 0.864 bits per heavy atom. The number of carbonyl (C=O) groups excluding carboxylic acids is 1. The lowest BCUT2D eigenvalue weighted by Crippen LogP contribution is -2.34. The molecule has 1 saturated heterocycles. The van der Waals surface area contributed by atoms with Crippen LogP contribution in [0.1, 0.15) is 10.4 Å². The molecule has 0 radical (unpaired) electrons. The quantitative estimate of drug-likeness (QED) is 0.867. The van der Waals surface area contributed by atoms with E-state index in [1.165, 1.54) is 4.31 Å². The lowest BCUT2D eigenvalue weighted by molar-refractivity contribution is 0.0781. The van der Waals surface area contributed by atoms with Crippen molar-refractivity contribution in [2.75, 3.05) is 19.8 Å². The fraction of sp³-hybridized carbons (Fsp3) is 0.188. The summed E-state index contributed by atoms with van der Waals surface area (Å²) in [6, 6.07) is 17.2. The standard InChI is InChI=1S/C16H16N2O3S/c19-16(14-7-3-1-4-8-14)17-11-12-18(13-17)22(20,21)15-9-5-2-6-10-15/h1-10H,11-13H2. The largest absolute Gasteiger partial charge is 0.323 e. The topological polar surface area (TPSA) is 57.7 Å². The summed E-state index contributed by atoms with van der Waals surface area (Å²) < 4.78 is 26.4. The Morgan fingerprint density at radius 2 is 1.45 bits per heavy atom. The fourth-order valence-electron chi connectivity index (χ4n) is 2.43. The van der Waals surface area contributed by atoms with E-state index in [9.17, 15) is 13.2 Å². The number of nitrogens with zero attached hydrogens (tertiary/aromatic N) is 2. The zero-order chi connectivity index (χ0) is 15.6. The van der Waals surface area contributed by atoms with E-state index in [0.29, 0.717) is 18.7 Å². The molecule has 22 heavy (non-hydrogen) atoms. The molecule has 2 aromatic carbocycles. The molecule has 0 spiro atoms. The van der Waals surface area contributed by atoms with E-state index in [4.69, 9.17) is 0 Å². The summed E-state index contributed by atoms with van der Waals surface area (Å²) in [5.41, 5.74) is 0.571. The van der Waals surface area contributed by atoms with Crippen LogP contribution in [0.3, 0.4) is 0 Å². The van der Waals surface area contributed by atoms with Gasteiger partial charge in [0.2, 0.25) is 10.0 Å². The predicted octanol–water partition coefficient (Wildman–Crippen LogP) is 1.79. The van der Waals surface area contributed by atoms with Gasteiger partial charge in [-0.1, -0.05) is 36.4 Å². The van der Waals surface area contributed by atoms with Gasteiger partial charge < -0.3 is 4.90 Å². The molecule has 1 aliphatic heterocycles. The lowest BCUT2D eigenvalue weighted by Gasteiger charge is -2.18. The molecule has 2 aromatic rings. The minimum atomic E-state index is -3.55. The van der Waals surface area contributed by atoms with Crippen LogP contribution in [0.15, 0.2) is 65.6 Å². The first-order chi connectivity index (χ1) is 10.6. The van der Waals surface area contributed by atoms with Crippen molar-refractivity contribution in [2.45, 2.75) is 4.90 Å². The Morgan fingerprint density at radius 3 is 2.09 bits per heavy atom. The molecule has 0 bridgehead atoms. The number of hydrogen-bond donors (Lipinski definition) is 0. The summed E-state index contributed by atoms with van der Waals surface area (Å²) >= 11 is 0. The third kappa shape index (κ3) is 2.75. The average molecular weight is 316 g/mol. The Bertz CT molecular complexity index is 760. The summed E-state index contributed by atoms with van der Waals surface area (Å²) in [7, 11) is -3.55. The predicted molar refractivity (Wildman–Crippen MR) is 82.7 cm³/mol. The third-order valence-corrected chi connectivity index (χ3v) is 5.48. The third-order valence-electron chi connectivity index (χ3n) is 3.64. The molecule has 114 valence electrons. The Kier molecular flexibility index (Phi) is 3.96. The van der Waals surface area contributed by atoms with Crippen molar-refractivity contribution in [3.8, 4) is 0 Å². The SMILES string of the molecule is O=C(c1ccccc1)N1CCN(S(=O)(=O)c2ccccc2)C1. The van der Waals surface area contributed by atoms with Crippen LogP contribution in [0.25, 0.3) is 0 Å². The van der Waals surface area contributed by atoms with Gasteiger partial charge in [-0.25, -0.2) is 8.42 Å². The summed E-state index contributed by atoms with van der Waals surface area (Å²) in [6.45, 7) is 0.806. The van der Waals surface area contributed by atoms with Crippen molar-refractivity contribution < 1.29 is 13.2 Å². The van der Waals surface area contributed by atoms with Crippen LogP contribution in [0, 0.1) is 0 Å². The first kappa shape index (κ1) is 14.7. The molecular formula is C16H16N2O3S. The van der Waals surface area contributed by atoms with Crippen molar-refractivity contribution in [2.24, 2.45) is 0 Å². The van der Waals surface area contributed by atoms with Gasteiger partial charge in [0.15, 0.2) is 0 Å². The van der Waals surface area contributed by atoms with Crippen LogP contribution in [-0.4, -0.2) is 43.3 Å². The minimum Gasteiger partial charge on any atom is -0.323 e. The molecule has 6 heteroatoms. The maximum atomic E-state index is 12.5. The zero-order valence-corrected chi connectivity index (χ0v) is 12.7. The molecule has 5 nitrogen and oxygen atoms in total. The molecular weight excluding hydrogens is 300 g/mol. The first-order valence-corrected chi connectivity index (χ1v) is 8.42. The molecule has 1 fully saturated rings. The van der Waals surface area contributed by atoms with Crippen LogP contribution in [0.2, 0.25) is 0 Å². The van der Waals surface area contributed by atoms with Crippen LogP contribution >= 0.6 is 0 Å². The van der Waals surface area contributed by atoms with E-state index < -0.39 is 10.0 Å². The van der Waals surface area contributed by atoms with Crippen molar-refractivity contribution >= 4 is 15.9 Å². The van der Waals surface area contributed by atoms with Gasteiger partial charge >= 0.3 is 0 Å². The van der Waals surface area contributed by atoms with Gasteiger partial charge in [0.1, 0.15) is 0 Å². The zero-order valence-electron chi connectivity index (χ0n) is 11.9. The summed E-state index contributed by atoms with van der Waals surface area (Å²) in [6.07, 6.45) is 0. The van der Waals surface area contributed by atoms with Crippen LogP contribution in [0.5, 0.6) is 0 Å². The van der Waals surface area contributed by atoms with E-state index in [1.54, 1.807) is 59.5 Å². The lowest BCUT2D eigenvalue weighted by atomic mass is 10.2. The molecule has 1 aliphatic rings. The van der Waals surface area contributed by atoms with Gasteiger partial charge in [-0.05, 0) is 24.3 Å². The second-order valence-electron chi connectivity index (χ2n) is 5.07. The number of benzene rings is 2. The maximum absolute atomic E-state index is 12.5. The fourth-order valence-corrected chi connectivity index (χ4v) is 3.84. The average Bonchev–Trinajstić information content (AvgIpc) is 3.06. The highest BCUT2D eigenvalue weighted by Gasteiger charge is 2.33. The van der Waals surface area contributed by atoms with E-state index in [-0.39, 0.29) is 17.5 Å². The van der Waals surface area contributed by atoms with E-state index >= 15 is 0 Å². The number of hydrogen-bond acceptors (Lipinski definition) is 3. The molecule has 0 saturated carbocycles. The van der Waals surface area contributed by atoms with Crippen LogP contribution < -0.4 is 0 Å². The molecule has 0 aromatic heterocycles. The Hall–Kier alpha value is -2.18. The summed E-state index contributed by atoms with van der Waals surface area (Å²) in [5.74, 6) is -0.147. The molecule has 0 N–H and O–H groups in total. The molecule has 1 heterocycles. The number of amides is 1. The monoisotopic (exact) mass is 316 g/mol. The second kappa shape index (κ2) is 5.90. The summed E-state index contributed by atoms with van der Waals surface area (Å²) in [5, 5.41) is 0. The molecule has 3 rings (SSSR count). The highest BCUT2D eigenvalue weighted by Crippen LogP contribution is 2.20. The Labute approximate surface area is 129 Å². The van der Waals surface area contributed by atoms with Crippen molar-refractivity contribution in [1.29, 1.82) is 0 Å². The van der Waals surface area contributed by atoms with Gasteiger partial charge in [0.05, 0.1) is 11.6 Å². The van der Waals surface area contributed by atoms with E-state index in [0.717, 1.165) is 0 Å². The van der Waals surface area contributed by atoms with E-state index in [2.05, 4.69) is 0 Å². The number of sulfonamides is 1. The van der Waals surface area contributed by atoms with Crippen LogP contribution in [0.4, 0.5) is 0 Å². The Balaban J connectivity index is 1.77. The molecule has 0 unspecified atom stereocenters.